The largest absolute Gasteiger partial charge is 0.462 e. The highest BCUT2D eigenvalue weighted by atomic mass is 16.5. The molecule has 3 heteroatoms. The fraction of sp³-hybridized carbons (Fsp3) is 0.700. The minimum atomic E-state index is -0.402. The zero-order chi connectivity index (χ0) is 9.59. The Bertz CT molecular complexity index is 259. The van der Waals surface area contributed by atoms with Crippen LogP contribution >= 0.6 is 0 Å². The normalized spacial score (nSPS) is 44.5. The zero-order valence-electron chi connectivity index (χ0n) is 7.69. The number of rotatable bonds is 0. The monoisotopic (exact) mass is 182 g/mol. The Hall–Kier alpha value is -0.830. The average Bonchev–Trinajstić information content (AvgIpc) is 2.35. The van der Waals surface area contributed by atoms with Crippen LogP contribution in [-0.2, 0) is 9.53 Å². The second-order valence-corrected chi connectivity index (χ2v) is 4.09. The molecule has 1 N–H and O–H groups in total. The van der Waals surface area contributed by atoms with Crippen LogP contribution in [-0.4, -0.2) is 23.8 Å². The maximum absolute atomic E-state index is 11.2. The fourth-order valence-electron chi connectivity index (χ4n) is 2.50. The first-order valence-corrected chi connectivity index (χ1v) is 4.65. The number of carbonyl (C=O) groups is 1. The third kappa shape index (κ3) is 1.18. The molecule has 4 unspecified atom stereocenters. The lowest BCUT2D eigenvalue weighted by Crippen LogP contribution is -2.35. The number of aliphatic hydroxyl groups excluding tert-OH is 1. The van der Waals surface area contributed by atoms with Gasteiger partial charge in [0.05, 0.1) is 12.7 Å². The van der Waals surface area contributed by atoms with Gasteiger partial charge in [-0.2, -0.15) is 0 Å². The molecule has 2 rings (SSSR count). The lowest BCUT2D eigenvalue weighted by atomic mass is 9.84. The lowest BCUT2D eigenvalue weighted by molar-refractivity contribution is -0.146. The molecule has 0 aromatic rings. The maximum atomic E-state index is 11.2. The van der Waals surface area contributed by atoms with E-state index in [0.29, 0.717) is 18.1 Å². The Morgan fingerprint density at radius 3 is 3.00 bits per heavy atom. The molecule has 1 saturated carbocycles. The minimum Gasteiger partial charge on any atom is -0.462 e. The molecular weight excluding hydrogens is 168 g/mol. The van der Waals surface area contributed by atoms with E-state index in [9.17, 15) is 9.90 Å². The molecule has 2 fully saturated rings. The quantitative estimate of drug-likeness (QED) is 0.444. The van der Waals surface area contributed by atoms with Gasteiger partial charge in [0, 0.05) is 17.4 Å². The Labute approximate surface area is 77.4 Å². The zero-order valence-corrected chi connectivity index (χ0v) is 7.69. The summed E-state index contributed by atoms with van der Waals surface area (Å²) < 4.78 is 4.97. The van der Waals surface area contributed by atoms with Crippen molar-refractivity contribution in [3.8, 4) is 0 Å². The highest BCUT2D eigenvalue weighted by Gasteiger charge is 2.46. The first-order valence-electron chi connectivity index (χ1n) is 4.65. The van der Waals surface area contributed by atoms with Crippen molar-refractivity contribution >= 4 is 5.97 Å². The molecule has 0 radical (unpaired) electrons. The Morgan fingerprint density at radius 1 is 1.62 bits per heavy atom. The second kappa shape index (κ2) is 2.84. The topological polar surface area (TPSA) is 46.5 Å². The van der Waals surface area contributed by atoms with Crippen molar-refractivity contribution in [3.05, 3.63) is 12.2 Å². The van der Waals surface area contributed by atoms with E-state index in [2.05, 4.69) is 13.5 Å². The molecule has 2 aliphatic rings. The summed E-state index contributed by atoms with van der Waals surface area (Å²) >= 11 is 0. The molecule has 72 valence electrons. The number of ether oxygens (including phenoxy) is 1. The van der Waals surface area contributed by atoms with Gasteiger partial charge in [0.25, 0.3) is 0 Å². The van der Waals surface area contributed by atoms with E-state index in [1.54, 1.807) is 0 Å². The average molecular weight is 182 g/mol. The van der Waals surface area contributed by atoms with Gasteiger partial charge < -0.3 is 9.84 Å². The van der Waals surface area contributed by atoms with Crippen LogP contribution in [0.4, 0.5) is 0 Å². The molecule has 4 atom stereocenters. The number of carbonyl (C=O) groups excluding carboxylic acids is 1. The van der Waals surface area contributed by atoms with Gasteiger partial charge in [-0.1, -0.05) is 13.5 Å². The van der Waals surface area contributed by atoms with Crippen LogP contribution in [0.2, 0.25) is 0 Å². The maximum Gasteiger partial charge on any atom is 0.333 e. The molecule has 1 aliphatic carbocycles. The van der Waals surface area contributed by atoms with Gasteiger partial charge in [-0.25, -0.2) is 4.79 Å². The smallest absolute Gasteiger partial charge is 0.333 e. The molecule has 1 aliphatic heterocycles. The molecule has 1 heterocycles. The van der Waals surface area contributed by atoms with E-state index in [1.807, 2.05) is 0 Å². The summed E-state index contributed by atoms with van der Waals surface area (Å²) in [4.78, 5) is 11.2. The van der Waals surface area contributed by atoms with Crippen molar-refractivity contribution in [3.63, 3.8) is 0 Å². The Balaban J connectivity index is 2.25. The van der Waals surface area contributed by atoms with Crippen LogP contribution in [0.1, 0.15) is 13.3 Å². The fourth-order valence-corrected chi connectivity index (χ4v) is 2.50. The van der Waals surface area contributed by atoms with Crippen LogP contribution in [0, 0.1) is 17.8 Å². The van der Waals surface area contributed by atoms with Gasteiger partial charge >= 0.3 is 5.97 Å². The van der Waals surface area contributed by atoms with Crippen LogP contribution in [0.5, 0.6) is 0 Å². The lowest BCUT2D eigenvalue weighted by Gasteiger charge is -2.29. The molecule has 13 heavy (non-hydrogen) atoms. The third-order valence-corrected chi connectivity index (χ3v) is 3.29. The predicted molar refractivity (Wildman–Crippen MR) is 46.9 cm³/mol. The van der Waals surface area contributed by atoms with Crippen LogP contribution in [0.15, 0.2) is 12.2 Å². The van der Waals surface area contributed by atoms with Gasteiger partial charge in [0.15, 0.2) is 0 Å². The number of aliphatic hydroxyl groups is 1. The molecule has 3 nitrogen and oxygen atoms in total. The van der Waals surface area contributed by atoms with Crippen LogP contribution in [0.3, 0.4) is 0 Å². The first kappa shape index (κ1) is 8.75. The summed E-state index contributed by atoms with van der Waals surface area (Å²) in [5, 5.41) is 9.71. The molecular formula is C10H14O3. The third-order valence-electron chi connectivity index (χ3n) is 3.29. The van der Waals surface area contributed by atoms with Gasteiger partial charge in [-0.05, 0) is 12.3 Å². The van der Waals surface area contributed by atoms with Crippen molar-refractivity contribution in [1.82, 2.24) is 0 Å². The van der Waals surface area contributed by atoms with Crippen molar-refractivity contribution in [2.75, 3.05) is 6.61 Å². The predicted octanol–water partition coefficient (Wildman–Crippen LogP) is 0.732. The van der Waals surface area contributed by atoms with E-state index in [1.165, 1.54) is 0 Å². The highest BCUT2D eigenvalue weighted by molar-refractivity contribution is 5.89. The Kier molecular flexibility index (Phi) is 1.91. The molecule has 0 spiro atoms. The van der Waals surface area contributed by atoms with E-state index >= 15 is 0 Å². The molecule has 1 saturated heterocycles. The van der Waals surface area contributed by atoms with Crippen molar-refractivity contribution in [1.29, 1.82) is 0 Å². The number of hydrogen-bond acceptors (Lipinski definition) is 3. The summed E-state index contributed by atoms with van der Waals surface area (Å²) in [5.74, 6) is 0.302. The van der Waals surface area contributed by atoms with Crippen LogP contribution < -0.4 is 0 Å². The van der Waals surface area contributed by atoms with Gasteiger partial charge in [0.1, 0.15) is 0 Å². The first-order chi connectivity index (χ1) is 6.11. The van der Waals surface area contributed by atoms with Gasteiger partial charge in [-0.3, -0.25) is 0 Å². The summed E-state index contributed by atoms with van der Waals surface area (Å²) in [6.07, 6.45) is 0.352. The van der Waals surface area contributed by atoms with Crippen molar-refractivity contribution in [2.24, 2.45) is 17.8 Å². The SMILES string of the molecule is C=C1C(=O)OCC2C(C)CC(O)C12. The van der Waals surface area contributed by atoms with Crippen molar-refractivity contribution in [2.45, 2.75) is 19.4 Å². The Morgan fingerprint density at radius 2 is 2.31 bits per heavy atom. The number of fused-ring (bicyclic) bond motifs is 1. The summed E-state index contributed by atoms with van der Waals surface area (Å²) in [6.45, 7) is 6.22. The number of cyclic esters (lactones) is 1. The standard InChI is InChI=1S/C10H14O3/c1-5-3-8(11)9-6(2)10(12)13-4-7(5)9/h5,7-9,11H,2-4H2,1H3. The van der Waals surface area contributed by atoms with Gasteiger partial charge in [0.2, 0.25) is 0 Å². The number of esters is 1. The van der Waals surface area contributed by atoms with E-state index in [0.717, 1.165) is 6.42 Å². The molecule has 0 bridgehead atoms. The second-order valence-electron chi connectivity index (χ2n) is 4.09. The number of hydrogen-bond donors (Lipinski definition) is 1. The van der Waals surface area contributed by atoms with Crippen LogP contribution in [0.25, 0.3) is 0 Å². The van der Waals surface area contributed by atoms with E-state index in [-0.39, 0.29) is 17.8 Å². The van der Waals surface area contributed by atoms with Crippen molar-refractivity contribution < 1.29 is 14.6 Å². The van der Waals surface area contributed by atoms with E-state index < -0.39 is 6.10 Å². The van der Waals surface area contributed by atoms with E-state index in [4.69, 9.17) is 4.74 Å². The molecule has 0 aromatic heterocycles. The van der Waals surface area contributed by atoms with Gasteiger partial charge in [-0.15, -0.1) is 0 Å². The molecule has 0 amide bonds. The molecule has 0 aromatic carbocycles. The minimum absolute atomic E-state index is 0.0590. The highest BCUT2D eigenvalue weighted by Crippen LogP contribution is 2.43. The summed E-state index contributed by atoms with van der Waals surface area (Å²) in [5.41, 5.74) is 0.452. The summed E-state index contributed by atoms with van der Waals surface area (Å²) in [7, 11) is 0. The summed E-state index contributed by atoms with van der Waals surface area (Å²) in [6, 6.07) is 0.